The van der Waals surface area contributed by atoms with Gasteiger partial charge in [0.15, 0.2) is 0 Å². The fraction of sp³-hybridized carbons (Fsp3) is 0. The van der Waals surface area contributed by atoms with Crippen molar-refractivity contribution in [2.45, 2.75) is 4.90 Å². The predicted molar refractivity (Wildman–Crippen MR) is 94.3 cm³/mol. The summed E-state index contributed by atoms with van der Waals surface area (Å²) in [6, 6.07) is 9.11. The Kier molecular flexibility index (Phi) is 3.21. The molecule has 4 rings (SSSR count). The van der Waals surface area contributed by atoms with Crippen molar-refractivity contribution in [2.75, 3.05) is 5.32 Å². The number of anilines is 1. The molecular formula is C17H13N3O4S. The quantitative estimate of drug-likeness (QED) is 0.525. The third kappa shape index (κ3) is 2.57. The highest BCUT2D eigenvalue weighted by molar-refractivity contribution is 7.89. The summed E-state index contributed by atoms with van der Waals surface area (Å²) in [5.74, 6) is -0.226. The van der Waals surface area contributed by atoms with Crippen molar-refractivity contribution in [1.82, 2.24) is 4.98 Å². The van der Waals surface area contributed by atoms with Gasteiger partial charge in [-0.05, 0) is 42.5 Å². The van der Waals surface area contributed by atoms with E-state index < -0.39 is 10.0 Å². The smallest absolute Gasteiger partial charge is 0.256 e. The number of rotatable bonds is 2. The van der Waals surface area contributed by atoms with Crippen molar-refractivity contribution in [2.24, 2.45) is 5.14 Å². The van der Waals surface area contributed by atoms with Crippen LogP contribution in [0.1, 0.15) is 11.1 Å². The van der Waals surface area contributed by atoms with E-state index >= 15 is 0 Å². The molecule has 0 atom stereocenters. The number of phenols is 1. The summed E-state index contributed by atoms with van der Waals surface area (Å²) in [6.45, 7) is 0. The van der Waals surface area contributed by atoms with Crippen molar-refractivity contribution in [3.8, 4) is 5.75 Å². The van der Waals surface area contributed by atoms with Gasteiger partial charge < -0.3 is 15.4 Å². The van der Waals surface area contributed by atoms with E-state index in [-0.39, 0.29) is 16.6 Å². The number of aromatic nitrogens is 1. The molecule has 0 radical (unpaired) electrons. The van der Waals surface area contributed by atoms with E-state index in [2.05, 4.69) is 10.3 Å². The van der Waals surface area contributed by atoms with Crippen LogP contribution >= 0.6 is 0 Å². The van der Waals surface area contributed by atoms with Crippen LogP contribution < -0.4 is 10.5 Å². The van der Waals surface area contributed by atoms with Crippen LogP contribution in [0.15, 0.2) is 47.5 Å². The summed E-state index contributed by atoms with van der Waals surface area (Å²) in [6.07, 6.45) is 3.36. The number of aromatic hydroxyl groups is 1. The minimum absolute atomic E-state index is 0.0646. The highest BCUT2D eigenvalue weighted by Gasteiger charge is 2.26. The molecular weight excluding hydrogens is 342 g/mol. The first-order chi connectivity index (χ1) is 11.8. The van der Waals surface area contributed by atoms with Gasteiger partial charge in [0, 0.05) is 39.5 Å². The van der Waals surface area contributed by atoms with E-state index in [1.165, 1.54) is 18.2 Å². The predicted octanol–water partition coefficient (Wildman–Crippen LogP) is 2.01. The van der Waals surface area contributed by atoms with Crippen LogP contribution in [0.4, 0.5) is 5.69 Å². The van der Waals surface area contributed by atoms with Crippen LogP contribution in [0, 0.1) is 0 Å². The maximum atomic E-state index is 12.3. The average Bonchev–Trinajstić information content (AvgIpc) is 3.08. The van der Waals surface area contributed by atoms with Gasteiger partial charge in [-0.25, -0.2) is 13.6 Å². The minimum Gasteiger partial charge on any atom is -0.508 e. The van der Waals surface area contributed by atoms with Gasteiger partial charge in [0.25, 0.3) is 5.91 Å². The average molecular weight is 355 g/mol. The van der Waals surface area contributed by atoms with Crippen molar-refractivity contribution in [3.05, 3.63) is 53.7 Å². The highest BCUT2D eigenvalue weighted by atomic mass is 32.2. The summed E-state index contributed by atoms with van der Waals surface area (Å²) in [5.41, 5.74) is 2.81. The highest BCUT2D eigenvalue weighted by Crippen LogP contribution is 2.36. The van der Waals surface area contributed by atoms with Crippen LogP contribution in [0.5, 0.6) is 5.75 Å². The third-order valence-corrected chi connectivity index (χ3v) is 5.01. The monoisotopic (exact) mass is 355 g/mol. The number of hydrogen-bond acceptors (Lipinski definition) is 4. The fourth-order valence-electron chi connectivity index (χ4n) is 2.89. The number of sulfonamides is 1. The normalized spacial score (nSPS) is 15.6. The molecule has 25 heavy (non-hydrogen) atoms. The van der Waals surface area contributed by atoms with E-state index in [0.29, 0.717) is 22.4 Å². The fourth-order valence-corrected chi connectivity index (χ4v) is 3.43. The number of aromatic amines is 1. The molecule has 0 saturated carbocycles. The maximum absolute atomic E-state index is 12.3. The zero-order valence-electron chi connectivity index (χ0n) is 12.8. The lowest BCUT2D eigenvalue weighted by Crippen LogP contribution is -2.12. The van der Waals surface area contributed by atoms with E-state index in [1.807, 2.05) is 0 Å². The first-order valence-corrected chi connectivity index (χ1v) is 8.88. The number of H-pyrrole nitrogens is 1. The van der Waals surface area contributed by atoms with Gasteiger partial charge in [-0.15, -0.1) is 0 Å². The number of carbonyl (C=O) groups is 1. The molecule has 5 N–H and O–H groups in total. The number of phenolic OH excluding ortho intramolecular Hbond substituents is 1. The number of primary sulfonamides is 1. The van der Waals surface area contributed by atoms with Crippen molar-refractivity contribution < 1.29 is 18.3 Å². The van der Waals surface area contributed by atoms with Crippen molar-refractivity contribution in [3.63, 3.8) is 0 Å². The van der Waals surface area contributed by atoms with Gasteiger partial charge in [-0.1, -0.05) is 0 Å². The Bertz CT molecular complexity index is 1180. The summed E-state index contributed by atoms with van der Waals surface area (Å²) in [5, 5.41) is 18.3. The van der Waals surface area contributed by atoms with Gasteiger partial charge in [0.2, 0.25) is 10.0 Å². The molecule has 7 nitrogen and oxygen atoms in total. The molecule has 8 heteroatoms. The number of fused-ring (bicyclic) bond motifs is 2. The summed E-state index contributed by atoms with van der Waals surface area (Å²) in [7, 11) is -3.87. The lowest BCUT2D eigenvalue weighted by atomic mass is 10.0. The van der Waals surface area contributed by atoms with Crippen LogP contribution in [0.2, 0.25) is 0 Å². The maximum Gasteiger partial charge on any atom is 0.256 e. The molecule has 2 heterocycles. The minimum atomic E-state index is -3.87. The number of nitrogens with one attached hydrogen (secondary N) is 2. The summed E-state index contributed by atoms with van der Waals surface area (Å²) in [4.78, 5) is 15.3. The SMILES string of the molecule is NS(=O)(=O)c1ccc2c(c1)C(=Cc1c[nH]c3ccc(O)cc13)C(=O)N2. The number of hydrogen-bond donors (Lipinski definition) is 4. The lowest BCUT2D eigenvalue weighted by Gasteiger charge is -2.02. The Morgan fingerprint density at radius 3 is 2.68 bits per heavy atom. The van der Waals surface area contributed by atoms with Crippen molar-refractivity contribution >= 4 is 44.2 Å². The molecule has 1 aliphatic heterocycles. The molecule has 3 aromatic rings. The molecule has 0 unspecified atom stereocenters. The topological polar surface area (TPSA) is 125 Å². The molecule has 1 aliphatic rings. The van der Waals surface area contributed by atoms with E-state index in [4.69, 9.17) is 5.14 Å². The Labute approximate surface area is 142 Å². The second-order valence-electron chi connectivity index (χ2n) is 5.74. The van der Waals surface area contributed by atoms with Gasteiger partial charge in [0.05, 0.1) is 4.90 Å². The molecule has 2 aromatic carbocycles. The molecule has 126 valence electrons. The standard InChI is InChI=1S/C17H13N3O4S/c18-25(23,24)11-2-4-16-13(7-11)14(17(22)20-16)5-9-8-19-15-3-1-10(21)6-12(9)15/h1-8,19,21H,(H,20,22)(H2,18,23,24). The van der Waals surface area contributed by atoms with E-state index in [9.17, 15) is 18.3 Å². The number of amides is 1. The van der Waals surface area contributed by atoms with E-state index in [0.717, 1.165) is 10.9 Å². The molecule has 1 amide bonds. The van der Waals surface area contributed by atoms with E-state index in [1.54, 1.807) is 30.5 Å². The molecule has 0 bridgehead atoms. The Balaban J connectivity index is 1.90. The Morgan fingerprint density at radius 2 is 1.92 bits per heavy atom. The molecule has 0 spiro atoms. The van der Waals surface area contributed by atoms with Gasteiger partial charge in [0.1, 0.15) is 5.75 Å². The van der Waals surface area contributed by atoms with Gasteiger partial charge in [-0.2, -0.15) is 0 Å². The van der Waals surface area contributed by atoms with Gasteiger partial charge in [-0.3, -0.25) is 4.79 Å². The first kappa shape index (κ1) is 15.4. The zero-order valence-corrected chi connectivity index (χ0v) is 13.6. The third-order valence-electron chi connectivity index (χ3n) is 4.10. The van der Waals surface area contributed by atoms with Crippen LogP contribution in [-0.4, -0.2) is 24.4 Å². The second-order valence-corrected chi connectivity index (χ2v) is 7.30. The number of nitrogens with two attached hydrogens (primary N) is 1. The lowest BCUT2D eigenvalue weighted by molar-refractivity contribution is -0.110. The largest absolute Gasteiger partial charge is 0.508 e. The summed E-state index contributed by atoms with van der Waals surface area (Å²) >= 11 is 0. The summed E-state index contributed by atoms with van der Waals surface area (Å²) < 4.78 is 23.1. The first-order valence-electron chi connectivity index (χ1n) is 7.33. The van der Waals surface area contributed by atoms with Crippen LogP contribution in [0.3, 0.4) is 0 Å². The van der Waals surface area contributed by atoms with Crippen LogP contribution in [0.25, 0.3) is 22.6 Å². The Morgan fingerprint density at radius 1 is 1.12 bits per heavy atom. The van der Waals surface area contributed by atoms with Gasteiger partial charge >= 0.3 is 0 Å². The number of benzene rings is 2. The van der Waals surface area contributed by atoms with Crippen molar-refractivity contribution in [1.29, 1.82) is 0 Å². The van der Waals surface area contributed by atoms with Crippen LogP contribution in [-0.2, 0) is 14.8 Å². The zero-order chi connectivity index (χ0) is 17.8. The number of carbonyl (C=O) groups excluding carboxylic acids is 1. The molecule has 0 fully saturated rings. The molecule has 0 saturated heterocycles. The second kappa shape index (κ2) is 5.20. The molecule has 0 aliphatic carbocycles. The molecule has 1 aromatic heterocycles. The Hall–Kier alpha value is -3.10.